The third kappa shape index (κ3) is 4.33. The molecule has 0 aliphatic heterocycles. The predicted molar refractivity (Wildman–Crippen MR) is 116 cm³/mol. The van der Waals surface area contributed by atoms with E-state index >= 15 is 0 Å². The van der Waals surface area contributed by atoms with Crippen LogP contribution in [-0.2, 0) is 14.8 Å². The summed E-state index contributed by atoms with van der Waals surface area (Å²) in [7, 11) is 0.217. The van der Waals surface area contributed by atoms with E-state index in [-0.39, 0.29) is 17.0 Å². The van der Waals surface area contributed by atoms with Crippen molar-refractivity contribution in [3.8, 4) is 11.5 Å². The van der Waals surface area contributed by atoms with Crippen molar-refractivity contribution in [1.82, 2.24) is 4.57 Å². The van der Waals surface area contributed by atoms with E-state index in [0.717, 1.165) is 10.6 Å². The molecular weight excluding hydrogens is 424 g/mol. The summed E-state index contributed by atoms with van der Waals surface area (Å²) in [5, 5.41) is 0.521. The van der Waals surface area contributed by atoms with E-state index in [4.69, 9.17) is 14.2 Å². The summed E-state index contributed by atoms with van der Waals surface area (Å²) in [6, 6.07) is 11.4. The summed E-state index contributed by atoms with van der Waals surface area (Å²) < 4.78 is 42.6. The summed E-state index contributed by atoms with van der Waals surface area (Å²) in [5.41, 5.74) is 0.817. The molecule has 164 valence electrons. The number of hydrogen-bond donors (Lipinski definition) is 0. The van der Waals surface area contributed by atoms with E-state index in [2.05, 4.69) is 0 Å². The maximum absolute atomic E-state index is 13.2. The summed E-state index contributed by atoms with van der Waals surface area (Å²) in [5.74, 6) is -0.512. The molecule has 9 nitrogen and oxygen atoms in total. The van der Waals surface area contributed by atoms with Gasteiger partial charge >= 0.3 is 5.97 Å². The van der Waals surface area contributed by atoms with Gasteiger partial charge in [0, 0.05) is 17.6 Å². The first-order chi connectivity index (χ1) is 14.7. The molecule has 0 spiro atoms. The summed E-state index contributed by atoms with van der Waals surface area (Å²) >= 11 is 0. The lowest BCUT2D eigenvalue weighted by Gasteiger charge is -2.24. The number of esters is 1. The number of nitrogens with zero attached hydrogens (tertiary/aromatic N) is 2. The quantitative estimate of drug-likeness (QED) is 0.514. The lowest BCUT2D eigenvalue weighted by molar-refractivity contribution is 0.0603. The molecule has 3 aromatic rings. The molecule has 0 aliphatic rings. The molecule has 2 aromatic carbocycles. The van der Waals surface area contributed by atoms with Crippen LogP contribution >= 0.6 is 0 Å². The first-order valence-corrected chi connectivity index (χ1v) is 11.0. The zero-order valence-electron chi connectivity index (χ0n) is 17.5. The van der Waals surface area contributed by atoms with E-state index in [0.29, 0.717) is 16.7 Å². The highest BCUT2D eigenvalue weighted by Crippen LogP contribution is 2.34. The average Bonchev–Trinajstić information content (AvgIpc) is 3.15. The SMILES string of the molecule is COC(=O)c1cn(C(=O)CN(c2cc(OC)ccc2OC)S(C)(=O)=O)c2ccccc12. The molecule has 0 saturated carbocycles. The van der Waals surface area contributed by atoms with Crippen molar-refractivity contribution in [3.05, 3.63) is 54.2 Å². The monoisotopic (exact) mass is 446 g/mol. The molecule has 1 heterocycles. The Morgan fingerprint density at radius 2 is 1.74 bits per heavy atom. The van der Waals surface area contributed by atoms with E-state index in [1.807, 2.05) is 0 Å². The normalized spacial score (nSPS) is 11.2. The Morgan fingerprint density at radius 1 is 1.03 bits per heavy atom. The Kier molecular flexibility index (Phi) is 6.21. The number of fused-ring (bicyclic) bond motifs is 1. The molecule has 0 unspecified atom stereocenters. The molecule has 0 amide bonds. The number of sulfonamides is 1. The van der Waals surface area contributed by atoms with Crippen molar-refractivity contribution in [2.24, 2.45) is 0 Å². The Labute approximate surface area is 179 Å². The number of hydrogen-bond acceptors (Lipinski definition) is 7. The number of carbonyl (C=O) groups is 2. The fraction of sp³-hybridized carbons (Fsp3) is 0.238. The molecule has 0 fully saturated rings. The van der Waals surface area contributed by atoms with Crippen molar-refractivity contribution in [1.29, 1.82) is 0 Å². The standard InChI is InChI=1S/C21H22N2O7S/c1-28-14-9-10-19(29-2)18(11-14)23(31(4,26)27)13-20(24)22-12-16(21(25)30-3)15-7-5-6-8-17(15)22/h5-12H,13H2,1-4H3. The Bertz CT molecular complexity index is 1250. The molecule has 10 heteroatoms. The molecule has 1 aromatic heterocycles. The number of methoxy groups -OCH3 is 3. The van der Waals surface area contributed by atoms with Crippen LogP contribution in [0.15, 0.2) is 48.7 Å². The number of aromatic nitrogens is 1. The fourth-order valence-corrected chi connectivity index (χ4v) is 4.08. The third-order valence-electron chi connectivity index (χ3n) is 4.72. The van der Waals surface area contributed by atoms with E-state index in [1.54, 1.807) is 36.4 Å². The average molecular weight is 446 g/mol. The molecule has 3 rings (SSSR count). The molecule has 0 saturated heterocycles. The van der Waals surface area contributed by atoms with Crippen molar-refractivity contribution in [2.45, 2.75) is 0 Å². The van der Waals surface area contributed by atoms with Gasteiger partial charge in [-0.1, -0.05) is 18.2 Å². The summed E-state index contributed by atoms with van der Waals surface area (Å²) in [6.45, 7) is -0.526. The van der Waals surface area contributed by atoms with Crippen LogP contribution < -0.4 is 13.8 Å². The van der Waals surface area contributed by atoms with Gasteiger partial charge in [0.15, 0.2) is 0 Å². The molecule has 0 bridgehead atoms. The van der Waals surface area contributed by atoms with E-state index in [1.165, 1.54) is 38.2 Å². The Morgan fingerprint density at radius 3 is 2.35 bits per heavy atom. The molecule has 0 radical (unpaired) electrons. The largest absolute Gasteiger partial charge is 0.497 e. The molecule has 0 N–H and O–H groups in total. The highest BCUT2D eigenvalue weighted by Gasteiger charge is 2.27. The minimum Gasteiger partial charge on any atom is -0.497 e. The van der Waals surface area contributed by atoms with Gasteiger partial charge in [-0.25, -0.2) is 13.2 Å². The van der Waals surface area contributed by atoms with Crippen LogP contribution in [0.5, 0.6) is 11.5 Å². The minimum atomic E-state index is -3.87. The van der Waals surface area contributed by atoms with E-state index in [9.17, 15) is 18.0 Å². The van der Waals surface area contributed by atoms with Gasteiger partial charge in [0.2, 0.25) is 10.0 Å². The number of benzene rings is 2. The second-order valence-corrected chi connectivity index (χ2v) is 8.53. The summed E-state index contributed by atoms with van der Waals surface area (Å²) in [6.07, 6.45) is 2.34. The maximum atomic E-state index is 13.2. The topological polar surface area (TPSA) is 104 Å². The Hall–Kier alpha value is -3.53. The van der Waals surface area contributed by atoms with Crippen LogP contribution in [0, 0.1) is 0 Å². The predicted octanol–water partition coefficient (Wildman–Crippen LogP) is 2.55. The number of rotatable bonds is 7. The van der Waals surface area contributed by atoms with Crippen LogP contribution in [0.4, 0.5) is 5.69 Å². The van der Waals surface area contributed by atoms with Crippen LogP contribution in [0.3, 0.4) is 0 Å². The highest BCUT2D eigenvalue weighted by molar-refractivity contribution is 7.92. The van der Waals surface area contributed by atoms with Crippen LogP contribution in [0.25, 0.3) is 10.9 Å². The number of carbonyl (C=O) groups excluding carboxylic acids is 2. The van der Waals surface area contributed by atoms with Gasteiger partial charge in [-0.05, 0) is 18.2 Å². The van der Waals surface area contributed by atoms with Gasteiger partial charge in [0.1, 0.15) is 18.0 Å². The van der Waals surface area contributed by atoms with Gasteiger partial charge in [-0.15, -0.1) is 0 Å². The van der Waals surface area contributed by atoms with Gasteiger partial charge in [0.05, 0.1) is 44.4 Å². The number of para-hydroxylation sites is 1. The molecule has 0 aliphatic carbocycles. The van der Waals surface area contributed by atoms with Crippen LogP contribution in [-0.4, -0.2) is 59.0 Å². The van der Waals surface area contributed by atoms with Gasteiger partial charge in [-0.2, -0.15) is 0 Å². The zero-order chi connectivity index (χ0) is 22.8. The van der Waals surface area contributed by atoms with Crippen molar-refractivity contribution in [3.63, 3.8) is 0 Å². The zero-order valence-corrected chi connectivity index (χ0v) is 18.3. The maximum Gasteiger partial charge on any atom is 0.340 e. The second kappa shape index (κ2) is 8.68. The van der Waals surface area contributed by atoms with Crippen molar-refractivity contribution in [2.75, 3.05) is 38.4 Å². The van der Waals surface area contributed by atoms with Crippen molar-refractivity contribution < 1.29 is 32.2 Å². The lowest BCUT2D eigenvalue weighted by Crippen LogP contribution is -2.37. The molecular formula is C21H22N2O7S. The molecule has 0 atom stereocenters. The smallest absolute Gasteiger partial charge is 0.340 e. The highest BCUT2D eigenvalue weighted by atomic mass is 32.2. The van der Waals surface area contributed by atoms with Crippen LogP contribution in [0.2, 0.25) is 0 Å². The third-order valence-corrected chi connectivity index (χ3v) is 5.85. The van der Waals surface area contributed by atoms with Gasteiger partial charge in [0.25, 0.3) is 5.91 Å². The van der Waals surface area contributed by atoms with E-state index < -0.39 is 28.4 Å². The second-order valence-electron chi connectivity index (χ2n) is 6.62. The van der Waals surface area contributed by atoms with Crippen LogP contribution in [0.1, 0.15) is 15.2 Å². The summed E-state index contributed by atoms with van der Waals surface area (Å²) in [4.78, 5) is 25.3. The number of ether oxygens (including phenoxy) is 3. The van der Waals surface area contributed by atoms with Gasteiger partial charge in [-0.3, -0.25) is 13.7 Å². The minimum absolute atomic E-state index is 0.155. The number of anilines is 1. The molecule has 31 heavy (non-hydrogen) atoms. The van der Waals surface area contributed by atoms with Gasteiger partial charge < -0.3 is 14.2 Å². The Balaban J connectivity index is 2.09. The first-order valence-electron chi connectivity index (χ1n) is 9.12. The van der Waals surface area contributed by atoms with Crippen molar-refractivity contribution >= 4 is 38.5 Å². The fourth-order valence-electron chi connectivity index (χ4n) is 3.23. The lowest BCUT2D eigenvalue weighted by atomic mass is 10.2. The first kappa shape index (κ1) is 22.2.